The zero-order valence-electron chi connectivity index (χ0n) is 11.6. The highest BCUT2D eigenvalue weighted by Crippen LogP contribution is 2.33. The number of hydrogen-bond acceptors (Lipinski definition) is 7. The highest BCUT2D eigenvalue weighted by atomic mass is 127. The first kappa shape index (κ1) is 15.8. The molecule has 0 aliphatic carbocycles. The van der Waals surface area contributed by atoms with Gasteiger partial charge in [0.25, 0.3) is 0 Å². The van der Waals surface area contributed by atoms with E-state index in [9.17, 15) is 0 Å². The highest BCUT2D eigenvalue weighted by molar-refractivity contribution is 14.1. The van der Waals surface area contributed by atoms with Crippen LogP contribution >= 0.6 is 33.9 Å². The lowest BCUT2D eigenvalue weighted by atomic mass is 10.2. The molecule has 6 nitrogen and oxygen atoms in total. The van der Waals surface area contributed by atoms with Crippen molar-refractivity contribution in [2.75, 3.05) is 24.9 Å². The van der Waals surface area contributed by atoms with Crippen LogP contribution in [0.25, 0.3) is 0 Å². The largest absolute Gasteiger partial charge is 0.493 e. The van der Waals surface area contributed by atoms with Crippen LogP contribution in [0.4, 0.5) is 10.9 Å². The molecule has 0 atom stereocenters. The number of hydrogen-bond donors (Lipinski definition) is 2. The standard InChI is InChI=1S/C13H15IN4O2S/c1-3-20-12-9(14)4-8(5-10(12)19-2)6-16-18-13-17-11(15)7-21-13/h4-7H,3,15H2,1-2H3,(H,17,18). The van der Waals surface area contributed by atoms with Crippen LogP contribution in [-0.4, -0.2) is 24.9 Å². The molecular formula is C13H15IN4O2S. The molecule has 21 heavy (non-hydrogen) atoms. The predicted molar refractivity (Wildman–Crippen MR) is 94.6 cm³/mol. The summed E-state index contributed by atoms with van der Waals surface area (Å²) in [6.07, 6.45) is 1.69. The molecular weight excluding hydrogens is 403 g/mol. The second-order valence-electron chi connectivity index (χ2n) is 3.91. The number of nitrogen functional groups attached to an aromatic ring is 1. The van der Waals surface area contributed by atoms with Crippen molar-refractivity contribution in [1.29, 1.82) is 0 Å². The van der Waals surface area contributed by atoms with E-state index >= 15 is 0 Å². The Kier molecular flexibility index (Phi) is 5.62. The minimum atomic E-state index is 0.481. The molecule has 0 fully saturated rings. The molecule has 0 aliphatic rings. The summed E-state index contributed by atoms with van der Waals surface area (Å²) in [6.45, 7) is 2.53. The van der Waals surface area contributed by atoms with E-state index in [4.69, 9.17) is 15.2 Å². The van der Waals surface area contributed by atoms with Gasteiger partial charge in [-0.2, -0.15) is 5.10 Å². The molecule has 2 aromatic rings. The van der Waals surface area contributed by atoms with Crippen molar-refractivity contribution in [3.8, 4) is 11.5 Å². The average Bonchev–Trinajstić information content (AvgIpc) is 2.87. The van der Waals surface area contributed by atoms with E-state index in [0.29, 0.717) is 23.3 Å². The van der Waals surface area contributed by atoms with Crippen LogP contribution in [0.1, 0.15) is 12.5 Å². The third kappa shape index (κ3) is 4.21. The molecule has 0 bridgehead atoms. The number of thiazole rings is 1. The number of nitrogens with one attached hydrogen (secondary N) is 1. The lowest BCUT2D eigenvalue weighted by Crippen LogP contribution is -1.99. The summed E-state index contributed by atoms with van der Waals surface area (Å²) < 4.78 is 11.9. The number of rotatable bonds is 6. The van der Waals surface area contributed by atoms with Crippen molar-refractivity contribution in [1.82, 2.24) is 4.98 Å². The van der Waals surface area contributed by atoms with E-state index in [1.54, 1.807) is 18.7 Å². The Labute approximate surface area is 140 Å². The number of aromatic nitrogens is 1. The summed E-state index contributed by atoms with van der Waals surface area (Å²) in [4.78, 5) is 4.06. The van der Waals surface area contributed by atoms with Crippen LogP contribution in [0.15, 0.2) is 22.6 Å². The van der Waals surface area contributed by atoms with Gasteiger partial charge in [0.2, 0.25) is 5.13 Å². The molecule has 0 unspecified atom stereocenters. The third-order valence-corrected chi connectivity index (χ3v) is 4.00. The van der Waals surface area contributed by atoms with E-state index < -0.39 is 0 Å². The summed E-state index contributed by atoms with van der Waals surface area (Å²) in [7, 11) is 1.62. The van der Waals surface area contributed by atoms with E-state index in [1.165, 1.54) is 11.3 Å². The number of nitrogens with zero attached hydrogens (tertiary/aromatic N) is 2. The maximum absolute atomic E-state index is 5.58. The lowest BCUT2D eigenvalue weighted by molar-refractivity contribution is 0.308. The van der Waals surface area contributed by atoms with Crippen LogP contribution in [0.5, 0.6) is 11.5 Å². The van der Waals surface area contributed by atoms with E-state index in [0.717, 1.165) is 14.9 Å². The minimum absolute atomic E-state index is 0.481. The molecule has 2 rings (SSSR count). The van der Waals surface area contributed by atoms with E-state index in [2.05, 4.69) is 38.1 Å². The van der Waals surface area contributed by atoms with Crippen molar-refractivity contribution in [3.05, 3.63) is 26.6 Å². The molecule has 3 N–H and O–H groups in total. The Hall–Kier alpha value is -1.55. The van der Waals surface area contributed by atoms with Crippen LogP contribution < -0.4 is 20.6 Å². The topological polar surface area (TPSA) is 81.8 Å². The molecule has 1 heterocycles. The Bertz CT molecular complexity index is 645. The van der Waals surface area contributed by atoms with Gasteiger partial charge in [0.1, 0.15) is 5.82 Å². The van der Waals surface area contributed by atoms with E-state index in [1.807, 2.05) is 19.1 Å². The summed E-state index contributed by atoms with van der Waals surface area (Å²) in [5, 5.41) is 6.54. The first-order chi connectivity index (χ1) is 10.1. The van der Waals surface area contributed by atoms with Crippen molar-refractivity contribution in [2.45, 2.75) is 6.92 Å². The number of benzene rings is 1. The fourth-order valence-electron chi connectivity index (χ4n) is 1.60. The Balaban J connectivity index is 2.14. The fourth-order valence-corrected chi connectivity index (χ4v) is 2.93. The summed E-state index contributed by atoms with van der Waals surface area (Å²) in [6, 6.07) is 3.84. The maximum atomic E-state index is 5.58. The maximum Gasteiger partial charge on any atom is 0.205 e. The summed E-state index contributed by atoms with van der Waals surface area (Å²) in [5.74, 6) is 1.91. The number of ether oxygens (including phenoxy) is 2. The minimum Gasteiger partial charge on any atom is -0.493 e. The Morgan fingerprint density at radius 1 is 1.52 bits per heavy atom. The fraction of sp³-hybridized carbons (Fsp3) is 0.231. The molecule has 0 amide bonds. The molecule has 112 valence electrons. The molecule has 0 aliphatic heterocycles. The second-order valence-corrected chi connectivity index (χ2v) is 5.93. The number of nitrogens with two attached hydrogens (primary N) is 1. The summed E-state index contributed by atoms with van der Waals surface area (Å²) >= 11 is 3.61. The van der Waals surface area contributed by atoms with Crippen LogP contribution in [0.3, 0.4) is 0 Å². The first-order valence-corrected chi connectivity index (χ1v) is 8.10. The van der Waals surface area contributed by atoms with Crippen molar-refractivity contribution < 1.29 is 9.47 Å². The first-order valence-electron chi connectivity index (χ1n) is 6.14. The van der Waals surface area contributed by atoms with Gasteiger partial charge in [-0.15, -0.1) is 11.3 Å². The van der Waals surface area contributed by atoms with Crippen molar-refractivity contribution in [3.63, 3.8) is 0 Å². The van der Waals surface area contributed by atoms with Gasteiger partial charge in [-0.1, -0.05) is 0 Å². The molecule has 0 saturated heterocycles. The van der Waals surface area contributed by atoms with Gasteiger partial charge in [-0.3, -0.25) is 5.43 Å². The Morgan fingerprint density at radius 3 is 2.95 bits per heavy atom. The number of halogens is 1. The molecule has 8 heteroatoms. The van der Waals surface area contributed by atoms with Gasteiger partial charge in [-0.05, 0) is 47.2 Å². The highest BCUT2D eigenvalue weighted by Gasteiger charge is 2.10. The van der Waals surface area contributed by atoms with Crippen LogP contribution in [0, 0.1) is 3.57 Å². The van der Waals surface area contributed by atoms with Gasteiger partial charge in [0.15, 0.2) is 11.5 Å². The van der Waals surface area contributed by atoms with Crippen molar-refractivity contribution in [2.24, 2.45) is 5.10 Å². The summed E-state index contributed by atoms with van der Waals surface area (Å²) in [5.41, 5.74) is 9.27. The second kappa shape index (κ2) is 7.46. The molecule has 0 saturated carbocycles. The normalized spacial score (nSPS) is 10.8. The molecule has 1 aromatic heterocycles. The third-order valence-electron chi connectivity index (χ3n) is 2.44. The zero-order chi connectivity index (χ0) is 15.2. The number of methoxy groups -OCH3 is 1. The molecule has 0 radical (unpaired) electrons. The molecule has 1 aromatic carbocycles. The van der Waals surface area contributed by atoms with Crippen molar-refractivity contribution >= 4 is 51.1 Å². The van der Waals surface area contributed by atoms with Crippen LogP contribution in [0.2, 0.25) is 0 Å². The lowest BCUT2D eigenvalue weighted by Gasteiger charge is -2.11. The van der Waals surface area contributed by atoms with Gasteiger partial charge in [0.05, 0.1) is 23.5 Å². The van der Waals surface area contributed by atoms with Gasteiger partial charge in [0, 0.05) is 5.38 Å². The molecule has 0 spiro atoms. The number of hydrazone groups is 1. The monoisotopic (exact) mass is 418 g/mol. The van der Waals surface area contributed by atoms with Gasteiger partial charge >= 0.3 is 0 Å². The van der Waals surface area contributed by atoms with Gasteiger partial charge in [-0.25, -0.2) is 4.98 Å². The SMILES string of the molecule is CCOc1c(I)cc(C=NNc2nc(N)cs2)cc1OC. The Morgan fingerprint density at radius 2 is 2.33 bits per heavy atom. The number of anilines is 2. The van der Waals surface area contributed by atoms with E-state index in [-0.39, 0.29) is 0 Å². The quantitative estimate of drug-likeness (QED) is 0.428. The zero-order valence-corrected chi connectivity index (χ0v) is 14.6. The smallest absolute Gasteiger partial charge is 0.205 e. The van der Waals surface area contributed by atoms with Gasteiger partial charge < -0.3 is 15.2 Å². The predicted octanol–water partition coefficient (Wildman–Crippen LogP) is 3.18. The van der Waals surface area contributed by atoms with Crippen LogP contribution in [-0.2, 0) is 0 Å². The average molecular weight is 418 g/mol.